The van der Waals surface area contributed by atoms with E-state index in [1.807, 2.05) is 0 Å². The number of hydrogen-bond acceptors (Lipinski definition) is 2. The summed E-state index contributed by atoms with van der Waals surface area (Å²) in [5.41, 5.74) is 0.266. The maximum atomic E-state index is 13.4. The Bertz CT molecular complexity index is 487. The lowest BCUT2D eigenvalue weighted by Gasteiger charge is -2.54. The lowest BCUT2D eigenvalue weighted by Crippen LogP contribution is -2.63. The minimum Gasteiger partial charge on any atom is -0.488 e. The summed E-state index contributed by atoms with van der Waals surface area (Å²) in [7, 11) is 0. The molecule has 4 heteroatoms. The van der Waals surface area contributed by atoms with Gasteiger partial charge in [0.1, 0.15) is 17.7 Å². The molecule has 2 saturated carbocycles. The quantitative estimate of drug-likeness (QED) is 0.882. The monoisotopic (exact) mass is 341 g/mol. The highest BCUT2D eigenvalue weighted by molar-refractivity contribution is 9.10. The summed E-state index contributed by atoms with van der Waals surface area (Å²) in [5, 5.41) is 3.59. The zero-order valence-electron chi connectivity index (χ0n) is 11.8. The van der Waals surface area contributed by atoms with Crippen molar-refractivity contribution in [3.8, 4) is 5.75 Å². The van der Waals surface area contributed by atoms with E-state index in [4.69, 9.17) is 4.74 Å². The van der Waals surface area contributed by atoms with E-state index in [1.54, 1.807) is 6.07 Å². The van der Waals surface area contributed by atoms with Gasteiger partial charge in [-0.2, -0.15) is 0 Å². The average Bonchev–Trinajstić information content (AvgIpc) is 2.94. The molecule has 0 aromatic heterocycles. The topological polar surface area (TPSA) is 21.3 Å². The molecule has 2 aliphatic rings. The second-order valence-electron chi connectivity index (χ2n) is 5.97. The molecule has 0 heterocycles. The highest BCUT2D eigenvalue weighted by Gasteiger charge is 2.57. The molecule has 110 valence electrons. The van der Waals surface area contributed by atoms with Crippen molar-refractivity contribution in [3.05, 3.63) is 28.5 Å². The maximum Gasteiger partial charge on any atom is 0.136 e. The minimum atomic E-state index is -0.244. The van der Waals surface area contributed by atoms with Crippen LogP contribution in [0.5, 0.6) is 5.75 Å². The van der Waals surface area contributed by atoms with E-state index >= 15 is 0 Å². The number of rotatable bonds is 4. The van der Waals surface area contributed by atoms with Gasteiger partial charge in [0.2, 0.25) is 0 Å². The fraction of sp³-hybridized carbons (Fsp3) is 0.625. The van der Waals surface area contributed by atoms with Gasteiger partial charge in [-0.25, -0.2) is 4.39 Å². The SMILES string of the molecule is CCNC1CC(Oc2cc(F)ccc2Br)C12CCCC2. The molecule has 1 N–H and O–H groups in total. The van der Waals surface area contributed by atoms with Crippen LogP contribution in [-0.4, -0.2) is 18.7 Å². The molecule has 2 aliphatic carbocycles. The largest absolute Gasteiger partial charge is 0.488 e. The van der Waals surface area contributed by atoms with Crippen molar-refractivity contribution in [2.24, 2.45) is 5.41 Å². The first-order valence-electron chi connectivity index (χ1n) is 7.51. The van der Waals surface area contributed by atoms with Crippen LogP contribution in [0.1, 0.15) is 39.0 Å². The zero-order chi connectivity index (χ0) is 14.2. The van der Waals surface area contributed by atoms with Crippen molar-refractivity contribution in [2.75, 3.05) is 6.54 Å². The molecular weight excluding hydrogens is 321 g/mol. The summed E-state index contributed by atoms with van der Waals surface area (Å²) in [6, 6.07) is 5.21. The molecule has 0 radical (unpaired) electrons. The standard InChI is InChI=1S/C16H21BrFNO/c1-2-19-14-10-15(16(14)7-3-4-8-16)20-13-9-11(18)5-6-12(13)17/h5-6,9,14-15,19H,2-4,7-8,10H2,1H3. The number of ether oxygens (including phenoxy) is 1. The molecule has 3 rings (SSSR count). The Morgan fingerprint density at radius 1 is 1.40 bits per heavy atom. The third kappa shape index (κ3) is 2.37. The summed E-state index contributed by atoms with van der Waals surface area (Å²) in [5.74, 6) is 0.391. The van der Waals surface area contributed by atoms with E-state index in [2.05, 4.69) is 28.2 Å². The molecule has 2 atom stereocenters. The van der Waals surface area contributed by atoms with Gasteiger partial charge in [0.25, 0.3) is 0 Å². The van der Waals surface area contributed by atoms with Crippen LogP contribution in [0.3, 0.4) is 0 Å². The summed E-state index contributed by atoms with van der Waals surface area (Å²) in [6.45, 7) is 3.16. The van der Waals surface area contributed by atoms with Crippen LogP contribution in [-0.2, 0) is 0 Å². The maximum absolute atomic E-state index is 13.4. The number of nitrogens with one attached hydrogen (secondary N) is 1. The molecule has 0 bridgehead atoms. The van der Waals surface area contributed by atoms with Crippen LogP contribution in [0.25, 0.3) is 0 Å². The highest BCUT2D eigenvalue weighted by Crippen LogP contribution is 2.55. The molecule has 0 saturated heterocycles. The molecule has 1 spiro atoms. The van der Waals surface area contributed by atoms with Gasteiger partial charge in [-0.15, -0.1) is 0 Å². The fourth-order valence-corrected chi connectivity index (χ4v) is 4.21. The first-order valence-corrected chi connectivity index (χ1v) is 8.30. The predicted molar refractivity (Wildman–Crippen MR) is 81.5 cm³/mol. The Morgan fingerprint density at radius 3 is 2.85 bits per heavy atom. The van der Waals surface area contributed by atoms with Crippen LogP contribution in [0.15, 0.2) is 22.7 Å². The second-order valence-corrected chi connectivity index (χ2v) is 6.82. The number of benzene rings is 1. The van der Waals surface area contributed by atoms with E-state index in [9.17, 15) is 4.39 Å². The Kier molecular flexibility index (Phi) is 4.04. The van der Waals surface area contributed by atoms with E-state index in [-0.39, 0.29) is 17.3 Å². The van der Waals surface area contributed by atoms with E-state index in [0.29, 0.717) is 11.8 Å². The lowest BCUT2D eigenvalue weighted by molar-refractivity contribution is -0.0759. The Balaban J connectivity index is 1.76. The van der Waals surface area contributed by atoms with Gasteiger partial charge >= 0.3 is 0 Å². The van der Waals surface area contributed by atoms with Crippen molar-refractivity contribution in [1.29, 1.82) is 0 Å². The van der Waals surface area contributed by atoms with Gasteiger partial charge in [0.05, 0.1) is 4.47 Å². The normalized spacial score (nSPS) is 27.6. The molecule has 1 aromatic rings. The smallest absolute Gasteiger partial charge is 0.136 e. The Hall–Kier alpha value is -0.610. The van der Waals surface area contributed by atoms with E-state index in [0.717, 1.165) is 17.4 Å². The third-order valence-electron chi connectivity index (χ3n) is 4.93. The second kappa shape index (κ2) is 5.64. The minimum absolute atomic E-state index is 0.215. The molecule has 0 aliphatic heterocycles. The van der Waals surface area contributed by atoms with Gasteiger partial charge in [0, 0.05) is 23.9 Å². The summed E-state index contributed by atoms with van der Waals surface area (Å²) in [6.07, 6.45) is 6.26. The fourth-order valence-electron chi connectivity index (χ4n) is 3.87. The molecule has 2 fully saturated rings. The first kappa shape index (κ1) is 14.3. The first-order chi connectivity index (χ1) is 9.65. The molecule has 0 amide bonds. The number of halogens is 2. The molecule has 1 aromatic carbocycles. The van der Waals surface area contributed by atoms with Crippen molar-refractivity contribution in [1.82, 2.24) is 5.32 Å². The van der Waals surface area contributed by atoms with Crippen LogP contribution in [0, 0.1) is 11.2 Å². The molecular formula is C16H21BrFNO. The van der Waals surface area contributed by atoms with Crippen LogP contribution >= 0.6 is 15.9 Å². The van der Waals surface area contributed by atoms with Crippen molar-refractivity contribution < 1.29 is 9.13 Å². The van der Waals surface area contributed by atoms with Crippen molar-refractivity contribution >= 4 is 15.9 Å². The zero-order valence-corrected chi connectivity index (χ0v) is 13.4. The average molecular weight is 342 g/mol. The van der Waals surface area contributed by atoms with E-state index in [1.165, 1.54) is 37.8 Å². The van der Waals surface area contributed by atoms with Crippen LogP contribution in [0.4, 0.5) is 4.39 Å². The van der Waals surface area contributed by atoms with Gasteiger partial charge in [-0.3, -0.25) is 0 Å². The lowest BCUT2D eigenvalue weighted by atomic mass is 9.60. The predicted octanol–water partition coefficient (Wildman–Crippen LogP) is 4.28. The van der Waals surface area contributed by atoms with Crippen LogP contribution < -0.4 is 10.1 Å². The van der Waals surface area contributed by atoms with Crippen molar-refractivity contribution in [3.63, 3.8) is 0 Å². The van der Waals surface area contributed by atoms with Gasteiger partial charge in [-0.05, 0) is 47.4 Å². The molecule has 2 unspecified atom stereocenters. The van der Waals surface area contributed by atoms with Gasteiger partial charge in [-0.1, -0.05) is 19.8 Å². The molecule has 20 heavy (non-hydrogen) atoms. The number of hydrogen-bond donors (Lipinski definition) is 1. The van der Waals surface area contributed by atoms with Gasteiger partial charge < -0.3 is 10.1 Å². The van der Waals surface area contributed by atoms with Crippen LogP contribution in [0.2, 0.25) is 0 Å². The summed E-state index contributed by atoms with van der Waals surface area (Å²) in [4.78, 5) is 0. The summed E-state index contributed by atoms with van der Waals surface area (Å²) >= 11 is 3.45. The van der Waals surface area contributed by atoms with E-state index < -0.39 is 0 Å². The Labute approximate surface area is 128 Å². The van der Waals surface area contributed by atoms with Gasteiger partial charge in [0.15, 0.2) is 0 Å². The van der Waals surface area contributed by atoms with Crippen molar-refractivity contribution in [2.45, 2.75) is 51.2 Å². The molecule has 2 nitrogen and oxygen atoms in total. The Morgan fingerprint density at radius 2 is 2.15 bits per heavy atom. The summed E-state index contributed by atoms with van der Waals surface area (Å²) < 4.78 is 20.4. The third-order valence-corrected chi connectivity index (χ3v) is 5.59. The highest BCUT2D eigenvalue weighted by atomic mass is 79.9.